The topological polar surface area (TPSA) is 12.4 Å². The van der Waals surface area contributed by atoms with Gasteiger partial charge in [-0.25, -0.2) is 0 Å². The van der Waals surface area contributed by atoms with E-state index in [-0.39, 0.29) is 0 Å². The van der Waals surface area contributed by atoms with Crippen molar-refractivity contribution < 1.29 is 0 Å². The van der Waals surface area contributed by atoms with Gasteiger partial charge in [0, 0.05) is 0 Å². The molecule has 0 aliphatic heterocycles. The van der Waals surface area contributed by atoms with Crippen molar-refractivity contribution >= 4 is 5.71 Å². The van der Waals surface area contributed by atoms with Crippen molar-refractivity contribution in [3.05, 3.63) is 114 Å². The van der Waals surface area contributed by atoms with Crippen molar-refractivity contribution in [2.24, 2.45) is 4.99 Å². The van der Waals surface area contributed by atoms with Gasteiger partial charge >= 0.3 is 0 Å². The third-order valence-electron chi connectivity index (χ3n) is 3.57. The summed E-state index contributed by atoms with van der Waals surface area (Å²) in [6.45, 7) is 2.06. The van der Waals surface area contributed by atoms with Gasteiger partial charge in [0.25, 0.3) is 0 Å². The maximum absolute atomic E-state index is 4.92. The van der Waals surface area contributed by atoms with Gasteiger partial charge in [0.1, 0.15) is 0 Å². The predicted molar refractivity (Wildman–Crippen MR) is 93.8 cm³/mol. The van der Waals surface area contributed by atoms with Gasteiger partial charge in [-0.1, -0.05) is 67.6 Å². The number of benzene rings is 2. The lowest BCUT2D eigenvalue weighted by molar-refractivity contribution is 1.24. The van der Waals surface area contributed by atoms with E-state index in [2.05, 4.69) is 43.7 Å². The normalized spacial score (nSPS) is 15.1. The summed E-state index contributed by atoms with van der Waals surface area (Å²) >= 11 is 0. The first-order valence-corrected chi connectivity index (χ1v) is 7.43. The second-order valence-corrected chi connectivity index (χ2v) is 5.14. The molecule has 0 spiro atoms. The molecule has 0 radical (unpaired) electrons. The molecule has 108 valence electrons. The van der Waals surface area contributed by atoms with Crippen LogP contribution in [-0.2, 0) is 0 Å². The highest BCUT2D eigenvalue weighted by atomic mass is 14.8. The Balaban J connectivity index is 2.08. The van der Waals surface area contributed by atoms with Crippen LogP contribution in [-0.4, -0.2) is 5.71 Å². The van der Waals surface area contributed by atoms with Gasteiger partial charge in [-0.15, -0.1) is 36.3 Å². The molecule has 1 heteroatoms. The minimum Gasteiger partial charge on any atom is -0.300 e. The van der Waals surface area contributed by atoms with Crippen LogP contribution in [0.5, 0.6) is 0 Å². The fourth-order valence-corrected chi connectivity index (χ4v) is 2.40. The molecule has 0 bridgehead atoms. The van der Waals surface area contributed by atoms with Crippen molar-refractivity contribution in [3.63, 3.8) is 0 Å². The Hall–Kier alpha value is -2.80. The molecule has 0 atom stereocenters. The Bertz CT molecular complexity index is 706. The molecule has 1 aliphatic carbocycles. The first kappa shape index (κ1) is 14.2. The molecular formula is C21H18N-. The molecule has 2 aromatic rings. The summed E-state index contributed by atoms with van der Waals surface area (Å²) in [5.74, 6) is 0. The number of rotatable bonds is 3. The van der Waals surface area contributed by atoms with Gasteiger partial charge in [0.05, 0.1) is 5.71 Å². The maximum Gasteiger partial charge on any atom is 0.0664 e. The van der Waals surface area contributed by atoms with Crippen LogP contribution < -0.4 is 0 Å². The zero-order chi connectivity index (χ0) is 15.2. The zero-order valence-corrected chi connectivity index (χ0v) is 12.6. The molecule has 0 saturated heterocycles. The molecular weight excluding hydrogens is 266 g/mol. The molecule has 0 saturated carbocycles. The van der Waals surface area contributed by atoms with Crippen LogP contribution in [0.1, 0.15) is 18.1 Å². The average Bonchev–Trinajstić information content (AvgIpc) is 2.62. The Kier molecular flexibility index (Phi) is 4.35. The van der Waals surface area contributed by atoms with Crippen molar-refractivity contribution in [1.82, 2.24) is 0 Å². The fourth-order valence-electron chi connectivity index (χ4n) is 2.40. The minimum absolute atomic E-state index is 1.00. The van der Waals surface area contributed by atoms with Crippen molar-refractivity contribution in [1.29, 1.82) is 0 Å². The van der Waals surface area contributed by atoms with E-state index in [4.69, 9.17) is 4.99 Å². The largest absolute Gasteiger partial charge is 0.300 e. The quantitative estimate of drug-likeness (QED) is 0.547. The molecule has 0 amide bonds. The number of hydrogen-bond acceptors (Lipinski definition) is 1. The first-order valence-electron chi connectivity index (χ1n) is 7.43. The number of allylic oxidation sites excluding steroid dienone is 6. The predicted octanol–water partition coefficient (Wildman–Crippen LogP) is 5.13. The first-order chi connectivity index (χ1) is 10.8. The van der Waals surface area contributed by atoms with Crippen LogP contribution in [0.2, 0.25) is 0 Å². The van der Waals surface area contributed by atoms with Crippen molar-refractivity contribution in [2.45, 2.75) is 6.92 Å². The molecule has 0 heterocycles. The van der Waals surface area contributed by atoms with E-state index < -0.39 is 0 Å². The molecule has 22 heavy (non-hydrogen) atoms. The van der Waals surface area contributed by atoms with E-state index in [1.165, 1.54) is 0 Å². The summed E-state index contributed by atoms with van der Waals surface area (Å²) in [5, 5.41) is 0. The molecule has 1 nitrogen and oxygen atoms in total. The van der Waals surface area contributed by atoms with Crippen LogP contribution in [0.4, 0.5) is 0 Å². The summed E-state index contributed by atoms with van der Waals surface area (Å²) in [7, 11) is 0. The fraction of sp³-hybridized carbons (Fsp3) is 0.0476. The molecule has 0 unspecified atom stereocenters. The molecule has 0 fully saturated rings. The molecule has 3 rings (SSSR count). The Labute approximate surface area is 132 Å². The number of aliphatic imine (C=N–C) groups is 1. The molecule has 1 aliphatic rings. The molecule has 2 aromatic carbocycles. The second-order valence-electron chi connectivity index (χ2n) is 5.14. The summed E-state index contributed by atoms with van der Waals surface area (Å²) in [4.78, 5) is 4.92. The highest BCUT2D eigenvalue weighted by Gasteiger charge is 2.05. The van der Waals surface area contributed by atoms with E-state index in [0.717, 1.165) is 28.1 Å². The lowest BCUT2D eigenvalue weighted by Crippen LogP contribution is -2.04. The highest BCUT2D eigenvalue weighted by molar-refractivity contribution is 6.13. The Morgan fingerprint density at radius 2 is 1.41 bits per heavy atom. The SMILES string of the molecule is C/C(N=C(c1ccccc1)c1ccccc1)=C1/C=CC=C[CH-]1. The number of hydrogen-bond donors (Lipinski definition) is 0. The van der Waals surface area contributed by atoms with Crippen LogP contribution in [0, 0.1) is 6.42 Å². The molecule has 0 N–H and O–H groups in total. The van der Waals surface area contributed by atoms with Gasteiger partial charge in [-0.2, -0.15) is 0 Å². The van der Waals surface area contributed by atoms with E-state index in [0.29, 0.717) is 0 Å². The van der Waals surface area contributed by atoms with Gasteiger partial charge in [0.2, 0.25) is 0 Å². The summed E-state index contributed by atoms with van der Waals surface area (Å²) in [6.07, 6.45) is 10.3. The van der Waals surface area contributed by atoms with E-state index in [1.54, 1.807) is 0 Å². The third-order valence-corrected chi connectivity index (χ3v) is 3.57. The lowest BCUT2D eigenvalue weighted by atomic mass is 10.0. The maximum atomic E-state index is 4.92. The van der Waals surface area contributed by atoms with Crippen molar-refractivity contribution in [2.75, 3.05) is 0 Å². The van der Waals surface area contributed by atoms with E-state index in [9.17, 15) is 0 Å². The second kappa shape index (κ2) is 6.77. The van der Waals surface area contributed by atoms with Gasteiger partial charge in [-0.3, -0.25) is 0 Å². The van der Waals surface area contributed by atoms with Gasteiger partial charge in [0.15, 0.2) is 0 Å². The monoisotopic (exact) mass is 284 g/mol. The average molecular weight is 284 g/mol. The zero-order valence-electron chi connectivity index (χ0n) is 12.6. The summed E-state index contributed by atoms with van der Waals surface area (Å²) < 4.78 is 0. The summed E-state index contributed by atoms with van der Waals surface area (Å²) in [5.41, 5.74) is 5.42. The van der Waals surface area contributed by atoms with E-state index in [1.807, 2.05) is 54.6 Å². The van der Waals surface area contributed by atoms with Gasteiger partial charge < -0.3 is 4.99 Å². The molecule has 0 aromatic heterocycles. The Morgan fingerprint density at radius 1 is 0.818 bits per heavy atom. The standard InChI is InChI=1S/C21H18N/c1-17(18-11-5-2-6-12-18)22-21(19-13-7-3-8-14-19)20-15-9-4-10-16-20/h2-16H,1H3/q-1. The van der Waals surface area contributed by atoms with Crippen LogP contribution in [0.25, 0.3) is 0 Å². The number of nitrogens with zero attached hydrogens (tertiary/aromatic N) is 1. The van der Waals surface area contributed by atoms with Crippen LogP contribution in [0.3, 0.4) is 0 Å². The highest BCUT2D eigenvalue weighted by Crippen LogP contribution is 2.18. The van der Waals surface area contributed by atoms with E-state index >= 15 is 0 Å². The Morgan fingerprint density at radius 3 is 1.91 bits per heavy atom. The van der Waals surface area contributed by atoms with Crippen LogP contribution >= 0.6 is 0 Å². The smallest absolute Gasteiger partial charge is 0.0664 e. The van der Waals surface area contributed by atoms with Crippen LogP contribution in [0.15, 0.2) is 101 Å². The third kappa shape index (κ3) is 3.26. The summed E-state index contributed by atoms with van der Waals surface area (Å²) in [6, 6.07) is 20.6. The lowest BCUT2D eigenvalue weighted by Gasteiger charge is -2.15. The van der Waals surface area contributed by atoms with Crippen molar-refractivity contribution in [3.8, 4) is 0 Å². The van der Waals surface area contributed by atoms with Gasteiger partial charge in [-0.05, 0) is 16.8 Å². The minimum atomic E-state index is 1.00.